The molecule has 3 saturated carbocycles. The number of imidazole rings is 1. The van der Waals surface area contributed by atoms with E-state index in [1.54, 1.807) is 0 Å². The van der Waals surface area contributed by atoms with Crippen LogP contribution in [0.5, 0.6) is 0 Å². The zero-order chi connectivity index (χ0) is 21.5. The van der Waals surface area contributed by atoms with Gasteiger partial charge in [-0.3, -0.25) is 0 Å². The third-order valence-electron chi connectivity index (χ3n) is 10.3. The fourth-order valence-electron chi connectivity index (χ4n) is 8.59. The molecule has 2 aromatic rings. The van der Waals surface area contributed by atoms with Gasteiger partial charge < -0.3 is 14.8 Å². The van der Waals surface area contributed by atoms with Crippen molar-refractivity contribution in [2.45, 2.75) is 71.3 Å². The number of fused-ring (bicyclic) bond motifs is 6. The molecule has 0 spiro atoms. The topological polar surface area (TPSA) is 58.3 Å². The van der Waals surface area contributed by atoms with Crippen molar-refractivity contribution in [2.24, 2.45) is 41.5 Å². The van der Waals surface area contributed by atoms with Gasteiger partial charge >= 0.3 is 0 Å². The monoisotopic (exact) mass is 420 g/mol. The van der Waals surface area contributed by atoms with Crippen LogP contribution in [0.1, 0.15) is 71.0 Å². The lowest BCUT2D eigenvalue weighted by atomic mass is 9.45. The number of hydrogen-bond donors (Lipinski definition) is 2. The highest BCUT2D eigenvalue weighted by molar-refractivity contribution is 5.81. The lowest BCUT2D eigenvalue weighted by Gasteiger charge is -2.60. The predicted molar refractivity (Wildman–Crippen MR) is 123 cm³/mol. The second-order valence-electron chi connectivity index (χ2n) is 11.6. The molecule has 7 atom stereocenters. The van der Waals surface area contributed by atoms with Gasteiger partial charge in [-0.15, -0.1) is 0 Å². The van der Waals surface area contributed by atoms with E-state index in [4.69, 9.17) is 4.98 Å². The van der Waals surface area contributed by atoms with Gasteiger partial charge in [0, 0.05) is 18.0 Å². The average Bonchev–Trinajstić information content (AvgIpc) is 3.21. The number of rotatable bonds is 1. The minimum Gasteiger partial charge on any atom is -0.511 e. The predicted octanol–water partition coefficient (Wildman–Crippen LogP) is 5.86. The van der Waals surface area contributed by atoms with E-state index >= 15 is 0 Å². The number of allylic oxidation sites excluding steroid dienone is 2. The van der Waals surface area contributed by atoms with Gasteiger partial charge in [0.1, 0.15) is 11.6 Å². The first-order valence-corrected chi connectivity index (χ1v) is 12.4. The molecule has 4 aliphatic carbocycles. The van der Waals surface area contributed by atoms with Gasteiger partial charge in [0.05, 0.1) is 17.1 Å². The Kier molecular flexibility index (Phi) is 4.23. The SMILES string of the molecule is Cn1c(C2=C(O)[C@@]3(C)CC[C@H]4[C@@H](CC[C@H]5CC[C@@H](O)C[C@@]54C)[C@@H]3C2)nc2ccccc21. The highest BCUT2D eigenvalue weighted by Gasteiger charge is 2.60. The fourth-order valence-corrected chi connectivity index (χ4v) is 8.59. The Morgan fingerprint density at radius 2 is 1.81 bits per heavy atom. The molecule has 0 amide bonds. The number of aryl methyl sites for hydroxylation is 1. The van der Waals surface area contributed by atoms with E-state index in [-0.39, 0.29) is 16.9 Å². The number of hydrogen-bond acceptors (Lipinski definition) is 3. The average molecular weight is 421 g/mol. The Morgan fingerprint density at radius 3 is 2.61 bits per heavy atom. The van der Waals surface area contributed by atoms with E-state index in [9.17, 15) is 10.2 Å². The third kappa shape index (κ3) is 2.60. The number of aliphatic hydroxyl groups is 2. The molecule has 0 unspecified atom stereocenters. The summed E-state index contributed by atoms with van der Waals surface area (Å²) in [6.07, 6.45) is 8.76. The molecule has 4 nitrogen and oxygen atoms in total. The second-order valence-corrected chi connectivity index (χ2v) is 11.6. The summed E-state index contributed by atoms with van der Waals surface area (Å²) in [6.45, 7) is 4.79. The summed E-state index contributed by atoms with van der Waals surface area (Å²) < 4.78 is 2.16. The normalized spacial score (nSPS) is 42.4. The molecule has 3 fully saturated rings. The Labute approximate surface area is 185 Å². The molecular formula is C27H36N2O2. The van der Waals surface area contributed by atoms with Crippen molar-refractivity contribution in [1.29, 1.82) is 0 Å². The van der Waals surface area contributed by atoms with Crippen molar-refractivity contribution >= 4 is 16.6 Å². The first-order valence-electron chi connectivity index (χ1n) is 12.4. The van der Waals surface area contributed by atoms with Crippen LogP contribution in [0.15, 0.2) is 30.0 Å². The van der Waals surface area contributed by atoms with Crippen LogP contribution in [0.3, 0.4) is 0 Å². The lowest BCUT2D eigenvalue weighted by molar-refractivity contribution is -0.125. The van der Waals surface area contributed by atoms with E-state index in [1.807, 2.05) is 6.07 Å². The van der Waals surface area contributed by atoms with Crippen molar-refractivity contribution in [3.63, 3.8) is 0 Å². The first kappa shape index (κ1) is 19.8. The number of aliphatic hydroxyl groups excluding tert-OH is 2. The van der Waals surface area contributed by atoms with Gasteiger partial charge in [0.15, 0.2) is 0 Å². The molecule has 0 saturated heterocycles. The van der Waals surface area contributed by atoms with Crippen molar-refractivity contribution in [2.75, 3.05) is 0 Å². The Bertz CT molecular complexity index is 1070. The van der Waals surface area contributed by atoms with E-state index in [2.05, 4.69) is 43.7 Å². The summed E-state index contributed by atoms with van der Waals surface area (Å²) in [4.78, 5) is 4.94. The maximum absolute atomic E-state index is 11.6. The van der Waals surface area contributed by atoms with Gasteiger partial charge in [-0.25, -0.2) is 4.98 Å². The molecule has 0 radical (unpaired) electrons. The Balaban J connectivity index is 1.38. The number of benzene rings is 1. The molecule has 0 bridgehead atoms. The van der Waals surface area contributed by atoms with Crippen LogP contribution in [0.2, 0.25) is 0 Å². The molecule has 4 aliphatic rings. The molecular weight excluding hydrogens is 384 g/mol. The van der Waals surface area contributed by atoms with Gasteiger partial charge in [-0.2, -0.15) is 0 Å². The smallest absolute Gasteiger partial charge is 0.140 e. The first-order chi connectivity index (χ1) is 14.8. The van der Waals surface area contributed by atoms with Crippen LogP contribution in [-0.4, -0.2) is 25.9 Å². The summed E-state index contributed by atoms with van der Waals surface area (Å²) in [5.74, 6) is 4.11. The van der Waals surface area contributed by atoms with Crippen molar-refractivity contribution in [3.05, 3.63) is 35.8 Å². The van der Waals surface area contributed by atoms with E-state index in [1.165, 1.54) is 25.7 Å². The zero-order valence-electron chi connectivity index (χ0n) is 19.1. The van der Waals surface area contributed by atoms with Crippen molar-refractivity contribution in [3.8, 4) is 0 Å². The van der Waals surface area contributed by atoms with Crippen LogP contribution < -0.4 is 0 Å². The summed E-state index contributed by atoms with van der Waals surface area (Å²) in [6, 6.07) is 8.26. The maximum Gasteiger partial charge on any atom is 0.140 e. The number of nitrogens with zero attached hydrogens (tertiary/aromatic N) is 2. The summed E-state index contributed by atoms with van der Waals surface area (Å²) in [5.41, 5.74) is 3.33. The maximum atomic E-state index is 11.6. The molecule has 31 heavy (non-hydrogen) atoms. The van der Waals surface area contributed by atoms with Gasteiger partial charge in [0.2, 0.25) is 0 Å². The van der Waals surface area contributed by atoms with Crippen molar-refractivity contribution < 1.29 is 10.2 Å². The van der Waals surface area contributed by atoms with Gasteiger partial charge in [0.25, 0.3) is 0 Å². The minimum absolute atomic E-state index is 0.126. The summed E-state index contributed by atoms with van der Waals surface area (Å²) in [5, 5.41) is 22.1. The minimum atomic E-state index is -0.134. The third-order valence-corrected chi connectivity index (χ3v) is 10.3. The molecule has 1 aromatic heterocycles. The molecule has 4 heteroatoms. The molecule has 0 aliphatic heterocycles. The summed E-state index contributed by atoms with van der Waals surface area (Å²) >= 11 is 0. The van der Waals surface area contributed by atoms with Crippen LogP contribution >= 0.6 is 0 Å². The highest BCUT2D eigenvalue weighted by Crippen LogP contribution is 2.67. The van der Waals surface area contributed by atoms with E-state index in [0.717, 1.165) is 54.0 Å². The largest absolute Gasteiger partial charge is 0.511 e. The Hall–Kier alpha value is -1.81. The zero-order valence-corrected chi connectivity index (χ0v) is 19.1. The highest BCUT2D eigenvalue weighted by atomic mass is 16.3. The van der Waals surface area contributed by atoms with Crippen LogP contribution in [0, 0.1) is 34.5 Å². The van der Waals surface area contributed by atoms with Gasteiger partial charge in [-0.1, -0.05) is 26.0 Å². The number of aromatic nitrogens is 2. The van der Waals surface area contributed by atoms with E-state index < -0.39 is 0 Å². The molecule has 1 heterocycles. The molecule has 2 N–H and O–H groups in total. The molecule has 166 valence electrons. The van der Waals surface area contributed by atoms with Crippen LogP contribution in [-0.2, 0) is 7.05 Å². The van der Waals surface area contributed by atoms with Crippen LogP contribution in [0.4, 0.5) is 0 Å². The Morgan fingerprint density at radius 1 is 1.03 bits per heavy atom. The van der Waals surface area contributed by atoms with Crippen molar-refractivity contribution in [1.82, 2.24) is 9.55 Å². The van der Waals surface area contributed by atoms with Gasteiger partial charge in [-0.05, 0) is 92.6 Å². The lowest BCUT2D eigenvalue weighted by Crippen LogP contribution is -2.54. The molecule has 1 aromatic carbocycles. The standard InChI is InChI=1S/C27H36N2O2/c1-26-13-12-20-18(11-9-16-8-10-17(30)15-27(16,20)2)21(26)14-19(24(26)31)25-28-22-6-4-5-7-23(22)29(25)3/h4-7,16-18,20-21,30-31H,8-15H2,1-3H3/t16-,17-,18-,20+,21+,26+,27+/m1/s1. The van der Waals surface area contributed by atoms with E-state index in [0.29, 0.717) is 23.5 Å². The summed E-state index contributed by atoms with van der Waals surface area (Å²) in [7, 11) is 2.08. The fraction of sp³-hybridized carbons (Fsp3) is 0.667. The second kappa shape index (κ2) is 6.60. The number of para-hydroxylation sites is 2. The van der Waals surface area contributed by atoms with Crippen LogP contribution in [0.25, 0.3) is 16.6 Å². The quantitative estimate of drug-likeness (QED) is 0.608. The molecule has 6 rings (SSSR count).